The maximum absolute atomic E-state index is 12.9. The van der Waals surface area contributed by atoms with Crippen LogP contribution in [0.2, 0.25) is 0 Å². The molecule has 0 spiro atoms. The minimum absolute atomic E-state index is 0.101. The summed E-state index contributed by atoms with van der Waals surface area (Å²) in [4.78, 5) is 38.2. The molecule has 6 heteroatoms. The molecule has 0 aromatic rings. The van der Waals surface area contributed by atoms with Crippen molar-refractivity contribution in [3.8, 4) is 0 Å². The van der Waals surface area contributed by atoms with E-state index in [-0.39, 0.29) is 31.1 Å². The maximum atomic E-state index is 12.9. The lowest BCUT2D eigenvalue weighted by molar-refractivity contribution is -0.167. The van der Waals surface area contributed by atoms with E-state index in [1.807, 2.05) is 0 Å². The molecule has 0 saturated carbocycles. The number of hydrogen-bond donors (Lipinski definition) is 0. The summed E-state index contributed by atoms with van der Waals surface area (Å²) >= 11 is 0. The van der Waals surface area contributed by atoms with E-state index in [0.717, 1.165) is 173 Å². The van der Waals surface area contributed by atoms with Crippen molar-refractivity contribution >= 4 is 17.9 Å². The standard InChI is InChI=1S/C75H120O6/c1-4-7-10-13-16-19-22-25-27-29-30-31-32-33-34-35-36-37-38-39-40-41-42-43-44-45-46-47-49-50-53-56-59-62-65-68-74(77)80-71-72(70-79-73(76)67-64-61-58-55-52-24-21-18-15-12-9-6-3)81-75(78)69-66-63-60-57-54-51-48-28-26-23-20-17-14-11-8-5-2/h7,10,16,18-21,23,25,27-28,30-31,33-34,36-37,39-40,42-43,45-46,48-50,72H,4-6,8-9,11-15,17,22,24,26,29,32,35,38,41,44,47,51-71H2,1-3H3/b10-7-,19-16-,21-18-,23-20-,27-25-,31-30-,34-33-,37-36-,40-39-,43-42-,46-45-,48-28-,50-49-. The summed E-state index contributed by atoms with van der Waals surface area (Å²) in [5.74, 6) is -0.952. The van der Waals surface area contributed by atoms with Gasteiger partial charge in [-0.2, -0.15) is 0 Å². The van der Waals surface area contributed by atoms with E-state index in [9.17, 15) is 14.4 Å². The monoisotopic (exact) mass is 1120 g/mol. The van der Waals surface area contributed by atoms with Gasteiger partial charge in [0.25, 0.3) is 0 Å². The highest BCUT2D eigenvalue weighted by molar-refractivity contribution is 5.71. The van der Waals surface area contributed by atoms with Gasteiger partial charge in [0.05, 0.1) is 0 Å². The van der Waals surface area contributed by atoms with Crippen LogP contribution in [-0.2, 0) is 28.6 Å². The van der Waals surface area contributed by atoms with Gasteiger partial charge >= 0.3 is 17.9 Å². The smallest absolute Gasteiger partial charge is 0.306 e. The number of esters is 3. The molecule has 81 heavy (non-hydrogen) atoms. The summed E-state index contributed by atoms with van der Waals surface area (Å²) in [5.41, 5.74) is 0. The molecule has 0 aliphatic heterocycles. The van der Waals surface area contributed by atoms with Gasteiger partial charge in [-0.1, -0.05) is 262 Å². The first-order valence-corrected chi connectivity index (χ1v) is 33.0. The molecule has 0 rings (SSSR count). The van der Waals surface area contributed by atoms with Gasteiger partial charge in [0.15, 0.2) is 6.10 Å². The van der Waals surface area contributed by atoms with E-state index in [1.165, 1.54) is 64.2 Å². The average Bonchev–Trinajstić information content (AvgIpc) is 3.47. The lowest BCUT2D eigenvalue weighted by Crippen LogP contribution is -2.30. The molecule has 0 saturated heterocycles. The van der Waals surface area contributed by atoms with Gasteiger partial charge in [-0.25, -0.2) is 0 Å². The zero-order valence-electron chi connectivity index (χ0n) is 52.2. The van der Waals surface area contributed by atoms with Crippen molar-refractivity contribution < 1.29 is 28.6 Å². The molecule has 0 aromatic carbocycles. The lowest BCUT2D eigenvalue weighted by Gasteiger charge is -2.18. The molecule has 0 bridgehead atoms. The van der Waals surface area contributed by atoms with Crippen LogP contribution in [0, 0.1) is 0 Å². The second kappa shape index (κ2) is 67.5. The second-order valence-corrected chi connectivity index (χ2v) is 21.3. The maximum Gasteiger partial charge on any atom is 0.306 e. The Balaban J connectivity index is 4.34. The van der Waals surface area contributed by atoms with E-state index in [2.05, 4.69) is 179 Å². The highest BCUT2D eigenvalue weighted by Gasteiger charge is 2.19. The molecule has 0 fully saturated rings. The molecule has 0 amide bonds. The van der Waals surface area contributed by atoms with Crippen molar-refractivity contribution in [2.24, 2.45) is 0 Å². The van der Waals surface area contributed by atoms with Crippen LogP contribution in [0.3, 0.4) is 0 Å². The predicted molar refractivity (Wildman–Crippen MR) is 352 cm³/mol. The molecule has 1 unspecified atom stereocenters. The number of allylic oxidation sites excluding steroid dienone is 26. The first-order chi connectivity index (χ1) is 40.0. The average molecular weight is 1120 g/mol. The van der Waals surface area contributed by atoms with E-state index < -0.39 is 6.10 Å². The minimum Gasteiger partial charge on any atom is -0.462 e. The molecule has 0 aromatic heterocycles. The zero-order valence-corrected chi connectivity index (χ0v) is 52.2. The molecule has 0 radical (unpaired) electrons. The van der Waals surface area contributed by atoms with Gasteiger partial charge in [0.1, 0.15) is 13.2 Å². The zero-order chi connectivity index (χ0) is 58.5. The molecular formula is C75H120O6. The van der Waals surface area contributed by atoms with Crippen LogP contribution < -0.4 is 0 Å². The molecule has 6 nitrogen and oxygen atoms in total. The first kappa shape index (κ1) is 76.0. The first-order valence-electron chi connectivity index (χ1n) is 33.0. The summed E-state index contributed by atoms with van der Waals surface area (Å²) < 4.78 is 16.9. The van der Waals surface area contributed by atoms with Gasteiger partial charge in [-0.3, -0.25) is 14.4 Å². The van der Waals surface area contributed by atoms with Gasteiger partial charge in [-0.15, -0.1) is 0 Å². The van der Waals surface area contributed by atoms with Crippen LogP contribution in [-0.4, -0.2) is 37.2 Å². The lowest BCUT2D eigenvalue weighted by atomic mass is 10.1. The predicted octanol–water partition coefficient (Wildman–Crippen LogP) is 22.9. The molecule has 0 heterocycles. The largest absolute Gasteiger partial charge is 0.462 e. The van der Waals surface area contributed by atoms with Gasteiger partial charge in [0, 0.05) is 19.3 Å². The third-order valence-corrected chi connectivity index (χ3v) is 13.5. The molecule has 0 aliphatic rings. The Morgan fingerprint density at radius 3 is 0.790 bits per heavy atom. The Labute approximate surface area is 499 Å². The Bertz CT molecular complexity index is 1810. The number of unbranched alkanes of at least 4 members (excludes halogenated alkanes) is 21. The summed E-state index contributed by atoms with van der Waals surface area (Å²) in [6.45, 7) is 6.44. The van der Waals surface area contributed by atoms with Crippen molar-refractivity contribution in [1.82, 2.24) is 0 Å². The van der Waals surface area contributed by atoms with Crippen LogP contribution in [0.1, 0.15) is 278 Å². The van der Waals surface area contributed by atoms with E-state index in [0.29, 0.717) is 19.3 Å². The summed E-state index contributed by atoms with van der Waals surface area (Å²) in [5, 5.41) is 0. The summed E-state index contributed by atoms with van der Waals surface area (Å²) in [6, 6.07) is 0. The molecule has 0 aliphatic carbocycles. The van der Waals surface area contributed by atoms with Crippen LogP contribution in [0.4, 0.5) is 0 Å². The SMILES string of the molecule is CC/C=C\C/C=C\C/C=C\C/C=C\C/C=C\C/C=C\C/C=C\C/C=C\C/C=C\C/C=C\CCCCCCC(=O)OCC(COC(=O)CCCCCCC/C=C\CCCCC)OC(=O)CCCCCCC/C=C\C/C=C\CCCCCC. The fourth-order valence-electron chi connectivity index (χ4n) is 8.55. The highest BCUT2D eigenvalue weighted by Crippen LogP contribution is 2.14. The third kappa shape index (κ3) is 65.7. The third-order valence-electron chi connectivity index (χ3n) is 13.5. The van der Waals surface area contributed by atoms with E-state index in [4.69, 9.17) is 14.2 Å². The fraction of sp³-hybridized carbons (Fsp3) is 0.613. The van der Waals surface area contributed by atoms with Crippen molar-refractivity contribution in [2.75, 3.05) is 13.2 Å². The van der Waals surface area contributed by atoms with Gasteiger partial charge in [0.2, 0.25) is 0 Å². The number of hydrogen-bond acceptors (Lipinski definition) is 6. The van der Waals surface area contributed by atoms with Crippen molar-refractivity contribution in [1.29, 1.82) is 0 Å². The topological polar surface area (TPSA) is 78.9 Å². The highest BCUT2D eigenvalue weighted by atomic mass is 16.6. The minimum atomic E-state index is -0.806. The van der Waals surface area contributed by atoms with Crippen LogP contribution in [0.15, 0.2) is 158 Å². The molecular weight excluding hydrogens is 997 g/mol. The fourth-order valence-corrected chi connectivity index (χ4v) is 8.55. The molecule has 1 atom stereocenters. The van der Waals surface area contributed by atoms with Crippen LogP contribution in [0.5, 0.6) is 0 Å². The Kier molecular flexibility index (Phi) is 63.4. The summed E-state index contributed by atoms with van der Waals surface area (Å²) in [6.07, 6.45) is 98.2. The van der Waals surface area contributed by atoms with Gasteiger partial charge < -0.3 is 14.2 Å². The molecule has 0 N–H and O–H groups in total. The number of carbonyl (C=O) groups excluding carboxylic acids is 3. The number of carbonyl (C=O) groups is 3. The van der Waals surface area contributed by atoms with Crippen LogP contribution in [0.25, 0.3) is 0 Å². The molecule has 456 valence electrons. The Morgan fingerprint density at radius 2 is 0.481 bits per heavy atom. The van der Waals surface area contributed by atoms with E-state index >= 15 is 0 Å². The van der Waals surface area contributed by atoms with Crippen molar-refractivity contribution in [3.63, 3.8) is 0 Å². The van der Waals surface area contributed by atoms with Crippen molar-refractivity contribution in [3.05, 3.63) is 158 Å². The quantitative estimate of drug-likeness (QED) is 0.0261. The number of ether oxygens (including phenoxy) is 3. The Hall–Kier alpha value is -4.97. The summed E-state index contributed by atoms with van der Waals surface area (Å²) in [7, 11) is 0. The van der Waals surface area contributed by atoms with Crippen molar-refractivity contribution in [2.45, 2.75) is 284 Å². The van der Waals surface area contributed by atoms with Crippen LogP contribution >= 0.6 is 0 Å². The number of rotatable bonds is 58. The second-order valence-electron chi connectivity index (χ2n) is 21.3. The van der Waals surface area contributed by atoms with E-state index in [1.54, 1.807) is 0 Å². The van der Waals surface area contributed by atoms with Gasteiger partial charge in [-0.05, 0) is 154 Å². The Morgan fingerprint density at radius 1 is 0.259 bits per heavy atom. The normalized spacial score (nSPS) is 13.2.